The zero-order valence-corrected chi connectivity index (χ0v) is 22.1. The Kier molecular flexibility index (Phi) is 12.8. The number of nitrogens with one attached hydrogen (secondary N) is 1. The molecule has 0 aliphatic rings. The highest BCUT2D eigenvalue weighted by Crippen LogP contribution is 2.25. The summed E-state index contributed by atoms with van der Waals surface area (Å²) in [6.07, 6.45) is 0.822. The van der Waals surface area contributed by atoms with Crippen LogP contribution in [0.2, 0.25) is 0 Å². The maximum atomic E-state index is 14.0. The molecule has 0 saturated carbocycles. The maximum Gasteiger partial charge on any atom is 0.408 e. The first-order chi connectivity index (χ1) is 19.1. The predicted molar refractivity (Wildman–Crippen MR) is 150 cm³/mol. The van der Waals surface area contributed by atoms with Crippen molar-refractivity contribution in [3.05, 3.63) is 70.3 Å². The minimum atomic E-state index is -1.16. The second-order valence-corrected chi connectivity index (χ2v) is 8.89. The van der Waals surface area contributed by atoms with Gasteiger partial charge in [0.15, 0.2) is 5.96 Å². The monoisotopic (exact) mass is 556 g/mol. The molecule has 0 heterocycles. The highest BCUT2D eigenvalue weighted by molar-refractivity contribution is 6.04. The first-order valence-corrected chi connectivity index (χ1v) is 12.7. The number of ether oxygens (including phenoxy) is 1. The maximum absolute atomic E-state index is 14.0. The van der Waals surface area contributed by atoms with Crippen LogP contribution in [0.3, 0.4) is 0 Å². The molecule has 0 aromatic heterocycles. The number of nitro groups is 1. The number of non-ortho nitro benzene ring substituents is 1. The van der Waals surface area contributed by atoms with Crippen LogP contribution < -0.4 is 33.2 Å². The third-order valence-corrected chi connectivity index (χ3v) is 5.90. The summed E-state index contributed by atoms with van der Waals surface area (Å²) in [7, 11) is 0. The number of carbonyl (C=O) groups excluding carboxylic acids is 3. The van der Waals surface area contributed by atoms with Gasteiger partial charge in [0.05, 0.1) is 4.92 Å². The molecule has 0 unspecified atom stereocenters. The van der Waals surface area contributed by atoms with E-state index < -0.39 is 34.9 Å². The molecule has 3 amide bonds. The number of benzene rings is 2. The Morgan fingerprint density at radius 3 is 2.23 bits per heavy atom. The molecular weight excluding hydrogens is 520 g/mol. The summed E-state index contributed by atoms with van der Waals surface area (Å²) >= 11 is 0. The lowest BCUT2D eigenvalue weighted by molar-refractivity contribution is -0.384. The Bertz CT molecular complexity index is 1160. The molecule has 9 N–H and O–H groups in total. The molecule has 0 radical (unpaired) electrons. The van der Waals surface area contributed by atoms with Crippen LogP contribution in [0.25, 0.3) is 0 Å². The van der Waals surface area contributed by atoms with Gasteiger partial charge >= 0.3 is 6.09 Å². The number of nitrogens with two attached hydrogens (primary N) is 4. The van der Waals surface area contributed by atoms with Crippen molar-refractivity contribution >= 4 is 35.2 Å². The normalized spacial score (nSPS) is 12.0. The van der Waals surface area contributed by atoms with Gasteiger partial charge in [0.2, 0.25) is 11.8 Å². The van der Waals surface area contributed by atoms with Crippen LogP contribution in [0.1, 0.15) is 37.7 Å². The smallest absolute Gasteiger partial charge is 0.408 e. The molecule has 0 saturated heterocycles. The molecule has 2 rings (SSSR count). The van der Waals surface area contributed by atoms with Crippen molar-refractivity contribution < 1.29 is 24.0 Å². The number of amides is 3. The number of aliphatic imine (C=N–C) groups is 1. The van der Waals surface area contributed by atoms with Gasteiger partial charge in [-0.15, -0.1) is 0 Å². The summed E-state index contributed by atoms with van der Waals surface area (Å²) < 4.78 is 5.30. The van der Waals surface area contributed by atoms with Crippen LogP contribution in [-0.2, 0) is 20.9 Å². The molecule has 0 spiro atoms. The summed E-state index contributed by atoms with van der Waals surface area (Å²) in [5, 5.41) is 13.8. The minimum absolute atomic E-state index is 0.0167. The van der Waals surface area contributed by atoms with E-state index in [2.05, 4.69) is 10.3 Å². The van der Waals surface area contributed by atoms with Crippen LogP contribution in [0.15, 0.2) is 59.6 Å². The van der Waals surface area contributed by atoms with E-state index in [1.165, 1.54) is 24.3 Å². The minimum Gasteiger partial charge on any atom is -0.445 e. The standard InChI is InChI=1S/C26H36N8O6/c27-15-5-4-9-21(32-26(37)40-17-18-7-2-1-3-8-18)24(36)33(19-11-13-20(14-12-19)34(38)39)22(23(28)35)10-6-16-31-25(29)30/h1-3,7-8,11-14,21-22H,4-6,9-10,15-17,27H2,(H2,28,35)(H,32,37)(H4,29,30,31)/t21-,22-/m0/s1. The molecular formula is C26H36N8O6. The van der Waals surface area contributed by atoms with Crippen molar-refractivity contribution in [2.24, 2.45) is 27.9 Å². The van der Waals surface area contributed by atoms with Gasteiger partial charge in [0, 0.05) is 24.4 Å². The van der Waals surface area contributed by atoms with Crippen LogP contribution >= 0.6 is 0 Å². The van der Waals surface area contributed by atoms with Gasteiger partial charge in [0.25, 0.3) is 5.69 Å². The van der Waals surface area contributed by atoms with Gasteiger partial charge in [0.1, 0.15) is 18.7 Å². The van der Waals surface area contributed by atoms with Crippen molar-refractivity contribution in [2.75, 3.05) is 18.0 Å². The van der Waals surface area contributed by atoms with Gasteiger partial charge < -0.3 is 33.0 Å². The summed E-state index contributed by atoms with van der Waals surface area (Å²) in [5.41, 5.74) is 22.8. The number of hydrogen-bond donors (Lipinski definition) is 5. The number of primary amides is 1. The van der Waals surface area contributed by atoms with Crippen molar-refractivity contribution in [3.63, 3.8) is 0 Å². The number of nitrogens with zero attached hydrogens (tertiary/aromatic N) is 3. The molecule has 14 heteroatoms. The summed E-state index contributed by atoms with van der Waals surface area (Å²) in [6, 6.07) is 11.8. The lowest BCUT2D eigenvalue weighted by Crippen LogP contribution is -2.55. The third-order valence-electron chi connectivity index (χ3n) is 5.90. The predicted octanol–water partition coefficient (Wildman–Crippen LogP) is 1.26. The highest BCUT2D eigenvalue weighted by Gasteiger charge is 2.35. The SMILES string of the molecule is NCCCC[C@H](NC(=O)OCc1ccccc1)C(=O)N(c1ccc([N+](=O)[O-])cc1)[C@@H](CCCN=C(N)N)C(N)=O. The third kappa shape index (κ3) is 10.2. The molecule has 0 aliphatic heterocycles. The first-order valence-electron chi connectivity index (χ1n) is 12.7. The van der Waals surface area contributed by atoms with E-state index in [4.69, 9.17) is 27.7 Å². The number of guanidine groups is 1. The van der Waals surface area contributed by atoms with Crippen molar-refractivity contribution in [1.29, 1.82) is 0 Å². The van der Waals surface area contributed by atoms with E-state index in [0.29, 0.717) is 25.8 Å². The number of anilines is 1. The van der Waals surface area contributed by atoms with Crippen LogP contribution in [-0.4, -0.2) is 54.0 Å². The Hall–Kier alpha value is -4.72. The largest absolute Gasteiger partial charge is 0.445 e. The molecule has 2 aromatic carbocycles. The zero-order chi connectivity index (χ0) is 29.5. The Balaban J connectivity index is 2.36. The van der Waals surface area contributed by atoms with Crippen LogP contribution in [0.5, 0.6) is 0 Å². The van der Waals surface area contributed by atoms with E-state index in [1.54, 1.807) is 24.3 Å². The average molecular weight is 557 g/mol. The lowest BCUT2D eigenvalue weighted by Gasteiger charge is -2.33. The number of rotatable bonds is 16. The second-order valence-electron chi connectivity index (χ2n) is 8.89. The molecule has 40 heavy (non-hydrogen) atoms. The highest BCUT2D eigenvalue weighted by atomic mass is 16.6. The van der Waals surface area contributed by atoms with Crippen molar-refractivity contribution in [1.82, 2.24) is 5.32 Å². The number of hydrogen-bond acceptors (Lipinski definition) is 8. The van der Waals surface area contributed by atoms with E-state index in [1.807, 2.05) is 6.07 Å². The number of nitro benzene ring substituents is 1. The first kappa shape index (κ1) is 31.5. The van der Waals surface area contributed by atoms with Gasteiger partial charge in [-0.2, -0.15) is 0 Å². The zero-order valence-electron chi connectivity index (χ0n) is 22.1. The molecule has 0 bridgehead atoms. The van der Waals surface area contributed by atoms with Crippen molar-refractivity contribution in [3.8, 4) is 0 Å². The fourth-order valence-electron chi connectivity index (χ4n) is 3.91. The summed E-state index contributed by atoms with van der Waals surface area (Å²) in [4.78, 5) is 54.9. The lowest BCUT2D eigenvalue weighted by atomic mass is 10.0. The number of carbonyl (C=O) groups is 3. The molecule has 14 nitrogen and oxygen atoms in total. The quantitative estimate of drug-likeness (QED) is 0.0656. The average Bonchev–Trinajstić information content (AvgIpc) is 2.93. The second kappa shape index (κ2) is 16.3. The number of unbranched alkanes of at least 4 members (excludes halogenated alkanes) is 1. The van der Waals surface area contributed by atoms with E-state index in [0.717, 1.165) is 10.5 Å². The topological polar surface area (TPSA) is 235 Å². The molecule has 2 aromatic rings. The summed E-state index contributed by atoms with van der Waals surface area (Å²) in [5.74, 6) is -1.59. The van der Waals surface area contributed by atoms with Crippen LogP contribution in [0, 0.1) is 10.1 Å². The van der Waals surface area contributed by atoms with Gasteiger partial charge in [-0.3, -0.25) is 29.6 Å². The number of alkyl carbamates (subject to hydrolysis) is 1. The molecule has 0 aliphatic carbocycles. The van der Waals surface area contributed by atoms with Gasteiger partial charge in [-0.1, -0.05) is 30.3 Å². The van der Waals surface area contributed by atoms with Crippen LogP contribution in [0.4, 0.5) is 16.2 Å². The van der Waals surface area contributed by atoms with Crippen molar-refractivity contribution in [2.45, 2.75) is 50.8 Å². The Morgan fingerprint density at radius 2 is 1.65 bits per heavy atom. The van der Waals surface area contributed by atoms with E-state index >= 15 is 0 Å². The summed E-state index contributed by atoms with van der Waals surface area (Å²) in [6.45, 7) is 0.537. The van der Waals surface area contributed by atoms with Gasteiger partial charge in [-0.25, -0.2) is 4.79 Å². The molecule has 0 fully saturated rings. The van der Waals surface area contributed by atoms with Gasteiger partial charge in [-0.05, 0) is 56.3 Å². The molecule has 2 atom stereocenters. The van der Waals surface area contributed by atoms with E-state index in [-0.39, 0.29) is 43.3 Å². The molecule has 216 valence electrons. The fourth-order valence-corrected chi connectivity index (χ4v) is 3.91. The Morgan fingerprint density at radius 1 is 0.975 bits per heavy atom. The fraction of sp³-hybridized carbons (Fsp3) is 0.385. The van der Waals surface area contributed by atoms with E-state index in [9.17, 15) is 24.5 Å². The Labute approximate surface area is 231 Å².